The molecular formula is C16H22N2O. The average molecular weight is 258 g/mol. The van der Waals surface area contributed by atoms with E-state index in [1.165, 1.54) is 5.56 Å². The monoisotopic (exact) mass is 258 g/mol. The van der Waals surface area contributed by atoms with Crippen molar-refractivity contribution >= 4 is 0 Å². The Balaban J connectivity index is 2.10. The Kier molecular flexibility index (Phi) is 4.98. The van der Waals surface area contributed by atoms with Crippen LogP contribution in [0, 0.1) is 11.8 Å². The van der Waals surface area contributed by atoms with Gasteiger partial charge in [-0.05, 0) is 25.6 Å². The van der Waals surface area contributed by atoms with Crippen LogP contribution >= 0.6 is 0 Å². The Morgan fingerprint density at radius 1 is 1.32 bits per heavy atom. The second-order valence-corrected chi connectivity index (χ2v) is 5.20. The summed E-state index contributed by atoms with van der Waals surface area (Å²) in [5, 5.41) is 8.82. The molecule has 1 aromatic carbocycles. The Bertz CT molecular complexity index is 475. The lowest BCUT2D eigenvalue weighted by Crippen LogP contribution is -2.49. The maximum Gasteiger partial charge on any atom is 0.104 e. The summed E-state index contributed by atoms with van der Waals surface area (Å²) in [6, 6.07) is 8.78. The third-order valence-electron chi connectivity index (χ3n) is 3.66. The molecule has 19 heavy (non-hydrogen) atoms. The molecule has 1 atom stereocenters. The molecule has 0 saturated carbocycles. The van der Waals surface area contributed by atoms with Gasteiger partial charge in [0.15, 0.2) is 0 Å². The van der Waals surface area contributed by atoms with E-state index in [9.17, 15) is 0 Å². The van der Waals surface area contributed by atoms with Gasteiger partial charge >= 0.3 is 0 Å². The van der Waals surface area contributed by atoms with Crippen molar-refractivity contribution in [3.63, 3.8) is 0 Å². The first-order valence-electron chi connectivity index (χ1n) is 6.81. The molecule has 1 N–H and O–H groups in total. The molecule has 3 nitrogen and oxygen atoms in total. The number of benzene rings is 1. The van der Waals surface area contributed by atoms with Crippen LogP contribution in [0.1, 0.15) is 18.1 Å². The maximum atomic E-state index is 8.82. The number of piperazine rings is 1. The Labute approximate surface area is 115 Å². The van der Waals surface area contributed by atoms with E-state index in [-0.39, 0.29) is 6.61 Å². The van der Waals surface area contributed by atoms with E-state index in [2.05, 4.69) is 47.7 Å². The quantitative estimate of drug-likeness (QED) is 0.807. The van der Waals surface area contributed by atoms with Crippen molar-refractivity contribution in [1.29, 1.82) is 0 Å². The van der Waals surface area contributed by atoms with Crippen molar-refractivity contribution in [2.24, 2.45) is 0 Å². The summed E-state index contributed by atoms with van der Waals surface area (Å²) in [4.78, 5) is 4.87. The summed E-state index contributed by atoms with van der Waals surface area (Å²) in [5.74, 6) is 5.78. The third kappa shape index (κ3) is 3.81. The van der Waals surface area contributed by atoms with Crippen LogP contribution in [0.4, 0.5) is 0 Å². The summed E-state index contributed by atoms with van der Waals surface area (Å²) >= 11 is 0. The molecule has 1 heterocycles. The Morgan fingerprint density at radius 3 is 2.84 bits per heavy atom. The molecule has 0 spiro atoms. The zero-order chi connectivity index (χ0) is 13.7. The van der Waals surface area contributed by atoms with Gasteiger partial charge in [0.2, 0.25) is 0 Å². The lowest BCUT2D eigenvalue weighted by atomic mass is 10.1. The van der Waals surface area contributed by atoms with Crippen LogP contribution < -0.4 is 0 Å². The largest absolute Gasteiger partial charge is 0.384 e. The highest BCUT2D eigenvalue weighted by Gasteiger charge is 2.21. The van der Waals surface area contributed by atoms with Crippen LogP contribution in [0.3, 0.4) is 0 Å². The highest BCUT2D eigenvalue weighted by Crippen LogP contribution is 2.15. The molecule has 1 aliphatic rings. The molecule has 1 aromatic rings. The molecule has 0 amide bonds. The topological polar surface area (TPSA) is 26.7 Å². The lowest BCUT2D eigenvalue weighted by Gasteiger charge is -2.38. The fourth-order valence-electron chi connectivity index (χ4n) is 2.55. The van der Waals surface area contributed by atoms with Gasteiger partial charge in [0.25, 0.3) is 0 Å². The van der Waals surface area contributed by atoms with E-state index < -0.39 is 0 Å². The second-order valence-electron chi connectivity index (χ2n) is 5.20. The number of hydrogen-bond donors (Lipinski definition) is 1. The van der Waals surface area contributed by atoms with Gasteiger partial charge in [-0.2, -0.15) is 0 Å². The van der Waals surface area contributed by atoms with Gasteiger partial charge in [0.1, 0.15) is 6.61 Å². The highest BCUT2D eigenvalue weighted by atomic mass is 16.2. The van der Waals surface area contributed by atoms with Gasteiger partial charge in [0, 0.05) is 37.8 Å². The molecule has 0 radical (unpaired) electrons. The molecule has 1 unspecified atom stereocenters. The van der Waals surface area contributed by atoms with Crippen molar-refractivity contribution in [3.05, 3.63) is 35.4 Å². The molecule has 1 saturated heterocycles. The lowest BCUT2D eigenvalue weighted by molar-refractivity contribution is 0.0938. The van der Waals surface area contributed by atoms with Crippen molar-refractivity contribution in [1.82, 2.24) is 9.80 Å². The SMILES string of the molecule is CC1CN(C)CCN1Cc1ccccc1C#CCO. The third-order valence-corrected chi connectivity index (χ3v) is 3.66. The van der Waals surface area contributed by atoms with Crippen molar-refractivity contribution in [2.75, 3.05) is 33.3 Å². The zero-order valence-electron chi connectivity index (χ0n) is 11.8. The first kappa shape index (κ1) is 14.1. The summed E-state index contributed by atoms with van der Waals surface area (Å²) in [6.07, 6.45) is 0. The minimum Gasteiger partial charge on any atom is -0.384 e. The standard InChI is InChI=1S/C16H22N2O/c1-14-12-17(2)9-10-18(14)13-16-7-4-3-6-15(16)8-5-11-19/h3-4,6-7,14,19H,9-13H2,1-2H3. The molecule has 1 fully saturated rings. The van der Waals surface area contributed by atoms with Crippen molar-refractivity contribution < 1.29 is 5.11 Å². The number of aliphatic hydroxyl groups is 1. The van der Waals surface area contributed by atoms with Gasteiger partial charge in [-0.3, -0.25) is 4.90 Å². The zero-order valence-corrected chi connectivity index (χ0v) is 11.8. The van der Waals surface area contributed by atoms with E-state index in [4.69, 9.17) is 5.11 Å². The normalized spacial score (nSPS) is 20.9. The number of hydrogen-bond acceptors (Lipinski definition) is 3. The number of rotatable bonds is 2. The predicted octanol–water partition coefficient (Wildman–Crippen LogP) is 1.17. The molecule has 3 heteroatoms. The Hall–Kier alpha value is -1.34. The number of aliphatic hydroxyl groups excluding tert-OH is 1. The van der Waals surface area contributed by atoms with Crippen molar-refractivity contribution in [3.8, 4) is 11.8 Å². The molecular weight excluding hydrogens is 236 g/mol. The first-order valence-corrected chi connectivity index (χ1v) is 6.81. The molecule has 1 aliphatic heterocycles. The van der Waals surface area contributed by atoms with Gasteiger partial charge in [-0.15, -0.1) is 0 Å². The molecule has 0 aliphatic carbocycles. The second kappa shape index (κ2) is 6.72. The predicted molar refractivity (Wildman–Crippen MR) is 77.8 cm³/mol. The van der Waals surface area contributed by atoms with Crippen molar-refractivity contribution in [2.45, 2.75) is 19.5 Å². The van der Waals surface area contributed by atoms with Crippen LogP contribution in [-0.4, -0.2) is 54.2 Å². The summed E-state index contributed by atoms with van der Waals surface area (Å²) in [7, 11) is 2.18. The van der Waals surface area contributed by atoms with Gasteiger partial charge in [0.05, 0.1) is 0 Å². The van der Waals surface area contributed by atoms with Crippen LogP contribution in [0.2, 0.25) is 0 Å². The number of nitrogens with zero attached hydrogens (tertiary/aromatic N) is 2. The van der Waals surface area contributed by atoms with E-state index in [1.54, 1.807) is 0 Å². The van der Waals surface area contributed by atoms with Crippen LogP contribution in [0.5, 0.6) is 0 Å². The van der Waals surface area contributed by atoms with Gasteiger partial charge < -0.3 is 10.0 Å². The minimum atomic E-state index is -0.0841. The maximum absolute atomic E-state index is 8.82. The van der Waals surface area contributed by atoms with E-state index in [1.807, 2.05) is 12.1 Å². The van der Waals surface area contributed by atoms with Crippen LogP contribution in [-0.2, 0) is 6.54 Å². The molecule has 2 rings (SSSR count). The highest BCUT2D eigenvalue weighted by molar-refractivity contribution is 5.41. The van der Waals surface area contributed by atoms with E-state index >= 15 is 0 Å². The average Bonchev–Trinajstić information content (AvgIpc) is 2.41. The molecule has 0 aromatic heterocycles. The van der Waals surface area contributed by atoms with E-state index in [0.29, 0.717) is 6.04 Å². The first-order chi connectivity index (χ1) is 9.20. The van der Waals surface area contributed by atoms with Gasteiger partial charge in [-0.1, -0.05) is 30.0 Å². The molecule has 0 bridgehead atoms. The fraction of sp³-hybridized carbons (Fsp3) is 0.500. The summed E-state index contributed by atoms with van der Waals surface area (Å²) in [6.45, 7) is 6.46. The fourth-order valence-corrected chi connectivity index (χ4v) is 2.55. The summed E-state index contributed by atoms with van der Waals surface area (Å²) < 4.78 is 0. The van der Waals surface area contributed by atoms with Crippen LogP contribution in [0.15, 0.2) is 24.3 Å². The smallest absolute Gasteiger partial charge is 0.104 e. The number of likely N-dealkylation sites (N-methyl/N-ethyl adjacent to an activating group) is 1. The van der Waals surface area contributed by atoms with Crippen LogP contribution in [0.25, 0.3) is 0 Å². The minimum absolute atomic E-state index is 0.0841. The Morgan fingerprint density at radius 2 is 2.11 bits per heavy atom. The molecule has 102 valence electrons. The van der Waals surface area contributed by atoms with Gasteiger partial charge in [-0.25, -0.2) is 0 Å². The summed E-state index contributed by atoms with van der Waals surface area (Å²) in [5.41, 5.74) is 2.28. The van der Waals surface area contributed by atoms with E-state index in [0.717, 1.165) is 31.7 Å².